The Morgan fingerprint density at radius 1 is 1.10 bits per heavy atom. The van der Waals surface area contributed by atoms with E-state index in [1.165, 1.54) is 44.9 Å². The lowest BCUT2D eigenvalue weighted by Crippen LogP contribution is -2.40. The van der Waals surface area contributed by atoms with Gasteiger partial charge in [-0.1, -0.05) is 32.6 Å². The van der Waals surface area contributed by atoms with Crippen LogP contribution < -0.4 is 5.32 Å². The summed E-state index contributed by atoms with van der Waals surface area (Å²) in [4.78, 5) is 12.4. The molecule has 0 aromatic rings. The number of carbonyl (C=O) groups excluding carboxylic acids is 1. The molecule has 1 saturated heterocycles. The summed E-state index contributed by atoms with van der Waals surface area (Å²) in [6.07, 6.45) is 12.3. The molecule has 3 aliphatic rings. The average Bonchev–Trinajstić information content (AvgIpc) is 2.91. The molecule has 5 atom stereocenters. The van der Waals surface area contributed by atoms with Crippen LogP contribution in [0.2, 0.25) is 0 Å². The van der Waals surface area contributed by atoms with Crippen LogP contribution in [0.5, 0.6) is 0 Å². The standard InChI is InChI=1S/C17H29NO2/c1-2-12-6-5-8-14(10-12)20-17(19)16-11-13-7-3-4-9-15(13)18-16/h12-16,18H,2-11H2,1H3. The molecule has 0 aromatic heterocycles. The van der Waals surface area contributed by atoms with E-state index in [4.69, 9.17) is 4.74 Å². The molecule has 3 nitrogen and oxygen atoms in total. The Morgan fingerprint density at radius 3 is 2.75 bits per heavy atom. The molecule has 1 N–H and O–H groups in total. The van der Waals surface area contributed by atoms with Crippen molar-refractivity contribution in [3.8, 4) is 0 Å². The van der Waals surface area contributed by atoms with Crippen LogP contribution in [0.4, 0.5) is 0 Å². The van der Waals surface area contributed by atoms with E-state index in [0.29, 0.717) is 6.04 Å². The van der Waals surface area contributed by atoms with Gasteiger partial charge in [0.05, 0.1) is 0 Å². The highest BCUT2D eigenvalue weighted by molar-refractivity contribution is 5.76. The van der Waals surface area contributed by atoms with Gasteiger partial charge < -0.3 is 10.1 Å². The van der Waals surface area contributed by atoms with Gasteiger partial charge in [-0.3, -0.25) is 4.79 Å². The smallest absolute Gasteiger partial charge is 0.323 e. The number of hydrogen-bond donors (Lipinski definition) is 1. The second-order valence-electron chi connectivity index (χ2n) is 7.11. The molecule has 5 unspecified atom stereocenters. The van der Waals surface area contributed by atoms with Crippen LogP contribution in [0.25, 0.3) is 0 Å². The molecule has 2 aliphatic carbocycles. The minimum atomic E-state index is -0.0231. The fourth-order valence-electron chi connectivity index (χ4n) is 4.47. The van der Waals surface area contributed by atoms with Crippen LogP contribution in [0, 0.1) is 11.8 Å². The molecule has 0 amide bonds. The zero-order valence-electron chi connectivity index (χ0n) is 12.8. The first-order valence-electron chi connectivity index (χ1n) is 8.72. The summed E-state index contributed by atoms with van der Waals surface area (Å²) in [7, 11) is 0. The molecule has 0 bridgehead atoms. The molecule has 1 heterocycles. The van der Waals surface area contributed by atoms with Crippen molar-refractivity contribution < 1.29 is 9.53 Å². The molecular weight excluding hydrogens is 250 g/mol. The molecular formula is C17H29NO2. The average molecular weight is 279 g/mol. The van der Waals surface area contributed by atoms with Crippen molar-refractivity contribution in [3.05, 3.63) is 0 Å². The first-order valence-corrected chi connectivity index (χ1v) is 8.72. The monoisotopic (exact) mass is 279 g/mol. The molecule has 1 aliphatic heterocycles. The van der Waals surface area contributed by atoms with Gasteiger partial charge in [-0.25, -0.2) is 0 Å². The highest BCUT2D eigenvalue weighted by Crippen LogP contribution is 2.34. The maximum atomic E-state index is 12.4. The molecule has 0 aromatic carbocycles. The van der Waals surface area contributed by atoms with E-state index in [9.17, 15) is 4.79 Å². The predicted molar refractivity (Wildman–Crippen MR) is 79.4 cm³/mol. The first-order chi connectivity index (χ1) is 9.76. The van der Waals surface area contributed by atoms with Crippen molar-refractivity contribution in [2.24, 2.45) is 11.8 Å². The Kier molecular flexibility index (Phi) is 4.65. The Labute approximate surface area is 122 Å². The van der Waals surface area contributed by atoms with Crippen LogP contribution in [-0.4, -0.2) is 24.2 Å². The van der Waals surface area contributed by atoms with Crippen LogP contribution in [-0.2, 0) is 9.53 Å². The molecule has 114 valence electrons. The summed E-state index contributed by atoms with van der Waals surface area (Å²) in [5.74, 6) is 1.51. The molecule has 20 heavy (non-hydrogen) atoms. The van der Waals surface area contributed by atoms with E-state index >= 15 is 0 Å². The molecule has 0 radical (unpaired) electrons. The third kappa shape index (κ3) is 3.19. The second-order valence-corrected chi connectivity index (χ2v) is 7.11. The van der Waals surface area contributed by atoms with Gasteiger partial charge in [-0.05, 0) is 50.4 Å². The normalized spacial score (nSPS) is 41.1. The van der Waals surface area contributed by atoms with Crippen LogP contribution in [0.15, 0.2) is 0 Å². The van der Waals surface area contributed by atoms with E-state index < -0.39 is 0 Å². The van der Waals surface area contributed by atoms with Crippen molar-refractivity contribution in [3.63, 3.8) is 0 Å². The molecule has 2 saturated carbocycles. The quantitative estimate of drug-likeness (QED) is 0.804. The van der Waals surface area contributed by atoms with E-state index in [0.717, 1.165) is 31.1 Å². The fourth-order valence-corrected chi connectivity index (χ4v) is 4.47. The number of rotatable bonds is 3. The lowest BCUT2D eigenvalue weighted by atomic mass is 9.85. The van der Waals surface area contributed by atoms with E-state index in [-0.39, 0.29) is 18.1 Å². The van der Waals surface area contributed by atoms with Gasteiger partial charge in [0.2, 0.25) is 0 Å². The summed E-state index contributed by atoms with van der Waals surface area (Å²) in [5, 5.41) is 3.53. The zero-order chi connectivity index (χ0) is 13.9. The molecule has 0 spiro atoms. The van der Waals surface area contributed by atoms with Crippen LogP contribution in [0.3, 0.4) is 0 Å². The number of carbonyl (C=O) groups is 1. The van der Waals surface area contributed by atoms with E-state index in [1.54, 1.807) is 0 Å². The number of hydrogen-bond acceptors (Lipinski definition) is 3. The lowest BCUT2D eigenvalue weighted by Gasteiger charge is -2.29. The predicted octanol–water partition coefficient (Wildman–Crippen LogP) is 3.42. The number of fused-ring (bicyclic) bond motifs is 1. The van der Waals surface area contributed by atoms with Gasteiger partial charge >= 0.3 is 5.97 Å². The SMILES string of the molecule is CCC1CCCC(OC(=O)C2CC3CCCCC3N2)C1. The summed E-state index contributed by atoms with van der Waals surface area (Å²) >= 11 is 0. The largest absolute Gasteiger partial charge is 0.461 e. The van der Waals surface area contributed by atoms with Crippen molar-refractivity contribution in [2.45, 2.75) is 89.3 Å². The number of esters is 1. The van der Waals surface area contributed by atoms with E-state index in [2.05, 4.69) is 12.2 Å². The van der Waals surface area contributed by atoms with E-state index in [1.807, 2.05) is 0 Å². The van der Waals surface area contributed by atoms with Gasteiger partial charge in [0, 0.05) is 6.04 Å². The maximum Gasteiger partial charge on any atom is 0.323 e. The molecule has 3 rings (SSSR count). The van der Waals surface area contributed by atoms with Gasteiger partial charge in [0.25, 0.3) is 0 Å². The minimum absolute atomic E-state index is 0.0231. The van der Waals surface area contributed by atoms with Gasteiger partial charge in [-0.2, -0.15) is 0 Å². The summed E-state index contributed by atoms with van der Waals surface area (Å²) < 4.78 is 5.81. The van der Waals surface area contributed by atoms with Crippen LogP contribution >= 0.6 is 0 Å². The Balaban J connectivity index is 1.49. The highest BCUT2D eigenvalue weighted by atomic mass is 16.5. The van der Waals surface area contributed by atoms with Crippen molar-refractivity contribution in [1.82, 2.24) is 5.32 Å². The Morgan fingerprint density at radius 2 is 1.95 bits per heavy atom. The Bertz CT molecular complexity index is 330. The van der Waals surface area contributed by atoms with Crippen molar-refractivity contribution in [1.29, 1.82) is 0 Å². The van der Waals surface area contributed by atoms with Crippen LogP contribution in [0.1, 0.15) is 71.1 Å². The molecule has 3 heteroatoms. The minimum Gasteiger partial charge on any atom is -0.461 e. The summed E-state index contributed by atoms with van der Waals surface area (Å²) in [6, 6.07) is 0.557. The molecule has 3 fully saturated rings. The lowest BCUT2D eigenvalue weighted by molar-refractivity contribution is -0.153. The summed E-state index contributed by atoms with van der Waals surface area (Å²) in [5.41, 5.74) is 0. The fraction of sp³-hybridized carbons (Fsp3) is 0.941. The maximum absolute atomic E-state index is 12.4. The Hall–Kier alpha value is -0.570. The third-order valence-electron chi connectivity index (χ3n) is 5.74. The second kappa shape index (κ2) is 6.46. The first kappa shape index (κ1) is 14.4. The van der Waals surface area contributed by atoms with Gasteiger partial charge in [0.15, 0.2) is 0 Å². The summed E-state index contributed by atoms with van der Waals surface area (Å²) in [6.45, 7) is 2.25. The van der Waals surface area contributed by atoms with Gasteiger partial charge in [-0.15, -0.1) is 0 Å². The number of nitrogens with one attached hydrogen (secondary N) is 1. The van der Waals surface area contributed by atoms with Crippen molar-refractivity contribution in [2.75, 3.05) is 0 Å². The van der Waals surface area contributed by atoms with Gasteiger partial charge in [0.1, 0.15) is 12.1 Å². The number of ether oxygens (including phenoxy) is 1. The van der Waals surface area contributed by atoms with Crippen molar-refractivity contribution >= 4 is 5.97 Å². The highest BCUT2D eigenvalue weighted by Gasteiger charge is 2.39. The topological polar surface area (TPSA) is 38.3 Å². The third-order valence-corrected chi connectivity index (χ3v) is 5.74. The zero-order valence-corrected chi connectivity index (χ0v) is 12.8.